The lowest BCUT2D eigenvalue weighted by Gasteiger charge is -2.24. The maximum absolute atomic E-state index is 13.3. The van der Waals surface area contributed by atoms with E-state index in [-0.39, 0.29) is 22.6 Å². The zero-order chi connectivity index (χ0) is 24.5. The number of amides is 1. The Morgan fingerprint density at radius 2 is 1.82 bits per heavy atom. The van der Waals surface area contributed by atoms with Crippen molar-refractivity contribution in [3.8, 4) is 5.69 Å². The molecule has 0 N–H and O–H groups in total. The fourth-order valence-corrected chi connectivity index (χ4v) is 4.30. The van der Waals surface area contributed by atoms with Gasteiger partial charge in [0.05, 0.1) is 33.7 Å². The molecule has 1 amide bonds. The lowest BCUT2D eigenvalue weighted by atomic mass is 10.1. The standard InChI is InChI=1S/C23H22ClF4N5O/c1-2-20-18(14-30-33(20)17-6-4-16(25)5-7-17)22(34)32-9-3-8-31(10-11-32)21-19(24)12-15(13-29-21)23(26,27)28/h4-7,12-14H,2-3,8-11H2,1H3. The molecule has 0 aliphatic carbocycles. The molecule has 0 atom stereocenters. The molecule has 0 unspecified atom stereocenters. The molecule has 180 valence electrons. The molecular formula is C23H22ClF4N5O. The Kier molecular flexibility index (Phi) is 6.79. The Labute approximate surface area is 198 Å². The number of carbonyl (C=O) groups excluding carboxylic acids is 1. The molecule has 6 nitrogen and oxygen atoms in total. The first-order valence-electron chi connectivity index (χ1n) is 10.8. The van der Waals surface area contributed by atoms with Crippen LogP contribution in [0.25, 0.3) is 5.69 Å². The normalized spacial score (nSPS) is 14.9. The van der Waals surface area contributed by atoms with Crippen LogP contribution in [0.15, 0.2) is 42.7 Å². The number of alkyl halides is 3. The highest BCUT2D eigenvalue weighted by Gasteiger charge is 2.32. The number of benzene rings is 1. The molecule has 4 rings (SSSR count). The van der Waals surface area contributed by atoms with Crippen LogP contribution in [0.3, 0.4) is 0 Å². The topological polar surface area (TPSA) is 54.3 Å². The second-order valence-electron chi connectivity index (χ2n) is 7.91. The number of carbonyl (C=O) groups is 1. The Morgan fingerprint density at radius 3 is 2.47 bits per heavy atom. The van der Waals surface area contributed by atoms with Crippen LogP contribution >= 0.6 is 11.6 Å². The number of nitrogens with zero attached hydrogens (tertiary/aromatic N) is 5. The van der Waals surface area contributed by atoms with Crippen LogP contribution in [-0.2, 0) is 12.6 Å². The van der Waals surface area contributed by atoms with Gasteiger partial charge in [-0.1, -0.05) is 18.5 Å². The van der Waals surface area contributed by atoms with Crippen molar-refractivity contribution in [1.29, 1.82) is 0 Å². The van der Waals surface area contributed by atoms with E-state index < -0.39 is 11.7 Å². The third-order valence-corrected chi connectivity index (χ3v) is 6.02. The highest BCUT2D eigenvalue weighted by molar-refractivity contribution is 6.33. The van der Waals surface area contributed by atoms with Crippen LogP contribution in [0.1, 0.15) is 35.0 Å². The van der Waals surface area contributed by atoms with E-state index in [1.54, 1.807) is 26.6 Å². The van der Waals surface area contributed by atoms with Crippen LogP contribution in [0, 0.1) is 5.82 Å². The third-order valence-electron chi connectivity index (χ3n) is 5.74. The second kappa shape index (κ2) is 9.61. The molecule has 0 spiro atoms. The van der Waals surface area contributed by atoms with E-state index in [1.807, 2.05) is 6.92 Å². The lowest BCUT2D eigenvalue weighted by Crippen LogP contribution is -2.35. The number of pyridine rings is 1. The van der Waals surface area contributed by atoms with Crippen molar-refractivity contribution in [3.05, 3.63) is 70.4 Å². The number of rotatable bonds is 4. The summed E-state index contributed by atoms with van der Waals surface area (Å²) in [6, 6.07) is 6.74. The van der Waals surface area contributed by atoms with Crippen molar-refractivity contribution in [3.63, 3.8) is 0 Å². The van der Waals surface area contributed by atoms with Gasteiger partial charge in [0.1, 0.15) is 11.6 Å². The van der Waals surface area contributed by atoms with Gasteiger partial charge in [-0.05, 0) is 43.2 Å². The van der Waals surface area contributed by atoms with Crippen LogP contribution in [0.4, 0.5) is 23.4 Å². The van der Waals surface area contributed by atoms with E-state index in [4.69, 9.17) is 11.6 Å². The molecule has 1 saturated heterocycles. The molecule has 34 heavy (non-hydrogen) atoms. The maximum atomic E-state index is 13.3. The molecule has 1 aliphatic rings. The van der Waals surface area contributed by atoms with Crippen LogP contribution in [0.5, 0.6) is 0 Å². The van der Waals surface area contributed by atoms with Gasteiger partial charge in [-0.25, -0.2) is 14.1 Å². The maximum Gasteiger partial charge on any atom is 0.417 e. The van der Waals surface area contributed by atoms with E-state index in [0.717, 1.165) is 12.3 Å². The molecule has 1 fully saturated rings. The number of aromatic nitrogens is 3. The number of anilines is 1. The molecule has 1 aliphatic heterocycles. The Bertz CT molecular complexity index is 1180. The number of hydrogen-bond donors (Lipinski definition) is 0. The first-order valence-corrected chi connectivity index (χ1v) is 11.2. The zero-order valence-electron chi connectivity index (χ0n) is 18.3. The van der Waals surface area contributed by atoms with E-state index in [2.05, 4.69) is 10.1 Å². The smallest absolute Gasteiger partial charge is 0.354 e. The molecule has 11 heteroatoms. The first-order chi connectivity index (χ1) is 16.2. The average Bonchev–Trinajstić information content (AvgIpc) is 3.08. The number of hydrogen-bond acceptors (Lipinski definition) is 4. The summed E-state index contributed by atoms with van der Waals surface area (Å²) in [6.07, 6.45) is -1.10. The van der Waals surface area contributed by atoms with Gasteiger partial charge in [0.15, 0.2) is 0 Å². The lowest BCUT2D eigenvalue weighted by molar-refractivity contribution is -0.137. The van der Waals surface area contributed by atoms with Crippen LogP contribution < -0.4 is 4.90 Å². The van der Waals surface area contributed by atoms with Gasteiger partial charge in [0.25, 0.3) is 5.91 Å². The highest BCUT2D eigenvalue weighted by atomic mass is 35.5. The van der Waals surface area contributed by atoms with Crippen molar-refractivity contribution in [2.75, 3.05) is 31.1 Å². The van der Waals surface area contributed by atoms with Crippen molar-refractivity contribution in [1.82, 2.24) is 19.7 Å². The number of halogens is 5. The average molecular weight is 496 g/mol. The van der Waals surface area contributed by atoms with Gasteiger partial charge in [0.2, 0.25) is 0 Å². The molecule has 3 heterocycles. The Morgan fingerprint density at radius 1 is 1.09 bits per heavy atom. The minimum atomic E-state index is -4.52. The van der Waals surface area contributed by atoms with Gasteiger partial charge in [-0.3, -0.25) is 4.79 Å². The predicted octanol–water partition coefficient (Wildman–Crippen LogP) is 4.99. The van der Waals surface area contributed by atoms with Gasteiger partial charge in [-0.15, -0.1) is 0 Å². The molecule has 2 aromatic heterocycles. The van der Waals surface area contributed by atoms with Crippen molar-refractivity contribution in [2.45, 2.75) is 25.9 Å². The van der Waals surface area contributed by atoms with Gasteiger partial charge in [0, 0.05) is 32.4 Å². The summed E-state index contributed by atoms with van der Waals surface area (Å²) in [6.45, 7) is 3.60. The van der Waals surface area contributed by atoms with Crippen LogP contribution in [0.2, 0.25) is 5.02 Å². The molecule has 0 bridgehead atoms. The summed E-state index contributed by atoms with van der Waals surface area (Å²) in [5.74, 6) is -0.275. The first kappa shape index (κ1) is 24.0. The SMILES string of the molecule is CCc1c(C(=O)N2CCCN(c3ncc(C(F)(F)F)cc3Cl)CC2)cnn1-c1ccc(F)cc1. The highest BCUT2D eigenvalue weighted by Crippen LogP contribution is 2.33. The van der Waals surface area contributed by atoms with Gasteiger partial charge < -0.3 is 9.80 Å². The monoisotopic (exact) mass is 495 g/mol. The van der Waals surface area contributed by atoms with Crippen LogP contribution in [-0.4, -0.2) is 51.8 Å². The van der Waals surface area contributed by atoms with Gasteiger partial charge >= 0.3 is 6.18 Å². The molecule has 0 radical (unpaired) electrons. The van der Waals surface area contributed by atoms with Crippen molar-refractivity contribution < 1.29 is 22.4 Å². The van der Waals surface area contributed by atoms with E-state index in [1.165, 1.54) is 18.3 Å². The fraction of sp³-hybridized carbons (Fsp3) is 0.348. The minimum absolute atomic E-state index is 0.0801. The van der Waals surface area contributed by atoms with Crippen molar-refractivity contribution in [2.24, 2.45) is 0 Å². The summed E-state index contributed by atoms with van der Waals surface area (Å²) in [7, 11) is 0. The van der Waals surface area contributed by atoms with Gasteiger partial charge in [-0.2, -0.15) is 18.3 Å². The molecule has 1 aromatic carbocycles. The second-order valence-corrected chi connectivity index (χ2v) is 8.31. The Hall–Kier alpha value is -3.14. The summed E-state index contributed by atoms with van der Waals surface area (Å²) in [5.41, 5.74) is 0.927. The Balaban J connectivity index is 1.51. The minimum Gasteiger partial charge on any atom is -0.354 e. The summed E-state index contributed by atoms with van der Waals surface area (Å²) in [4.78, 5) is 20.8. The molecular weight excluding hydrogens is 474 g/mol. The largest absolute Gasteiger partial charge is 0.417 e. The van der Waals surface area contributed by atoms with E-state index in [9.17, 15) is 22.4 Å². The molecule has 0 saturated carbocycles. The third kappa shape index (κ3) is 4.86. The van der Waals surface area contributed by atoms with E-state index in [0.29, 0.717) is 56.0 Å². The predicted molar refractivity (Wildman–Crippen MR) is 120 cm³/mol. The summed E-state index contributed by atoms with van der Waals surface area (Å²) in [5, 5.41) is 4.27. The zero-order valence-corrected chi connectivity index (χ0v) is 19.1. The molecule has 3 aromatic rings. The fourth-order valence-electron chi connectivity index (χ4n) is 4.02. The summed E-state index contributed by atoms with van der Waals surface area (Å²) < 4.78 is 53.7. The quantitative estimate of drug-likeness (QED) is 0.478. The van der Waals surface area contributed by atoms with E-state index >= 15 is 0 Å². The summed E-state index contributed by atoms with van der Waals surface area (Å²) >= 11 is 6.11. The van der Waals surface area contributed by atoms with Crippen molar-refractivity contribution >= 4 is 23.3 Å².